The van der Waals surface area contributed by atoms with E-state index in [4.69, 9.17) is 34.8 Å². The zero-order chi connectivity index (χ0) is 10.3. The number of carbonyl (C=O) groups is 1. The first kappa shape index (κ1) is 10.5. The molecule has 76 valence electrons. The van der Waals surface area contributed by atoms with Gasteiger partial charge in [0.2, 0.25) is 5.24 Å². The fraction of sp³-hybridized carbons (Fsp3) is 0.500. The molecule has 0 aliphatic heterocycles. The molecule has 0 amide bonds. The Hall–Kier alpha value is 0.0200. The minimum Gasteiger partial charge on any atom is -0.281 e. The molecule has 1 nitrogen and oxygen atoms in total. The van der Waals surface area contributed by atoms with Gasteiger partial charge >= 0.3 is 0 Å². The summed E-state index contributed by atoms with van der Waals surface area (Å²) in [7, 11) is 0. The Bertz CT molecular complexity index is 341. The molecule has 0 radical (unpaired) electrons. The van der Waals surface area contributed by atoms with Gasteiger partial charge in [0.05, 0.1) is 5.92 Å². The molecule has 0 saturated carbocycles. The van der Waals surface area contributed by atoms with Gasteiger partial charge in [0.15, 0.2) is 0 Å². The van der Waals surface area contributed by atoms with Gasteiger partial charge in [-0.3, -0.25) is 4.79 Å². The van der Waals surface area contributed by atoms with Crippen molar-refractivity contribution in [1.82, 2.24) is 0 Å². The molecule has 14 heavy (non-hydrogen) atoms. The second kappa shape index (κ2) is 3.55. The second-order valence-corrected chi connectivity index (χ2v) is 5.64. The topological polar surface area (TPSA) is 17.1 Å². The van der Waals surface area contributed by atoms with E-state index in [0.717, 1.165) is 18.4 Å². The zero-order valence-corrected chi connectivity index (χ0v) is 9.66. The van der Waals surface area contributed by atoms with Crippen LogP contribution in [0.25, 0.3) is 0 Å². The van der Waals surface area contributed by atoms with E-state index < -0.39 is 4.33 Å². The van der Waals surface area contributed by atoms with Crippen molar-refractivity contribution in [3.63, 3.8) is 0 Å². The Balaban J connectivity index is 2.27. The Morgan fingerprint density at radius 1 is 1.50 bits per heavy atom. The normalized spacial score (nSPS) is 29.2. The van der Waals surface area contributed by atoms with Crippen LogP contribution < -0.4 is 0 Å². The highest BCUT2D eigenvalue weighted by molar-refractivity contribution is 6.64. The summed E-state index contributed by atoms with van der Waals surface area (Å²) in [4.78, 5) is 11.1. The van der Waals surface area contributed by atoms with E-state index in [1.807, 2.05) is 6.08 Å². The van der Waals surface area contributed by atoms with Crippen molar-refractivity contribution < 1.29 is 4.79 Å². The van der Waals surface area contributed by atoms with Crippen LogP contribution in [0.4, 0.5) is 0 Å². The van der Waals surface area contributed by atoms with Crippen LogP contribution in [-0.2, 0) is 4.79 Å². The molecule has 0 bridgehead atoms. The molecule has 0 saturated heterocycles. The molecule has 0 fully saturated rings. The van der Waals surface area contributed by atoms with Gasteiger partial charge in [-0.05, 0) is 36.1 Å². The maximum Gasteiger partial charge on any atom is 0.229 e. The molecule has 2 rings (SSSR count). The van der Waals surface area contributed by atoms with Crippen LogP contribution in [0.15, 0.2) is 23.3 Å². The first-order chi connectivity index (χ1) is 6.49. The maximum absolute atomic E-state index is 11.1. The zero-order valence-electron chi connectivity index (χ0n) is 7.40. The van der Waals surface area contributed by atoms with E-state index in [1.165, 1.54) is 5.57 Å². The maximum atomic E-state index is 11.1. The fourth-order valence-electron chi connectivity index (χ4n) is 2.08. The van der Waals surface area contributed by atoms with Crippen LogP contribution in [0.1, 0.15) is 19.3 Å². The predicted octanol–water partition coefficient (Wildman–Crippen LogP) is 3.59. The fourth-order valence-corrected chi connectivity index (χ4v) is 2.76. The average molecular weight is 252 g/mol. The summed E-state index contributed by atoms with van der Waals surface area (Å²) in [6.07, 6.45) is 5.86. The van der Waals surface area contributed by atoms with Gasteiger partial charge in [-0.15, -0.1) is 0 Å². The standard InChI is InChI=1S/C10H9Cl3O/c11-9(14)8-2-1-6-5-10(12,13)4-3-7(6)8/h3-4,8H,1-2,5H2. The summed E-state index contributed by atoms with van der Waals surface area (Å²) in [6.45, 7) is 0. The number of halogens is 3. The van der Waals surface area contributed by atoms with Crippen LogP contribution >= 0.6 is 34.8 Å². The predicted molar refractivity (Wildman–Crippen MR) is 58.8 cm³/mol. The van der Waals surface area contributed by atoms with Gasteiger partial charge in [-0.25, -0.2) is 0 Å². The van der Waals surface area contributed by atoms with Gasteiger partial charge in [-0.2, -0.15) is 0 Å². The number of rotatable bonds is 1. The van der Waals surface area contributed by atoms with Gasteiger partial charge in [0, 0.05) is 6.42 Å². The van der Waals surface area contributed by atoms with Gasteiger partial charge in [0.25, 0.3) is 0 Å². The summed E-state index contributed by atoms with van der Waals surface area (Å²) >= 11 is 17.5. The van der Waals surface area contributed by atoms with Crippen LogP contribution in [0, 0.1) is 5.92 Å². The lowest BCUT2D eigenvalue weighted by Crippen LogP contribution is -2.15. The van der Waals surface area contributed by atoms with E-state index in [2.05, 4.69) is 0 Å². The molecule has 1 unspecified atom stereocenters. The molecule has 0 aromatic heterocycles. The Morgan fingerprint density at radius 3 is 2.86 bits per heavy atom. The molecule has 4 heteroatoms. The molecular formula is C10H9Cl3O. The summed E-state index contributed by atoms with van der Waals surface area (Å²) in [5.74, 6) is -0.146. The monoisotopic (exact) mass is 250 g/mol. The van der Waals surface area contributed by atoms with Gasteiger partial charge < -0.3 is 0 Å². The van der Waals surface area contributed by atoms with E-state index in [-0.39, 0.29) is 11.2 Å². The molecule has 0 aromatic rings. The Kier molecular flexibility index (Phi) is 2.67. The molecule has 0 aromatic carbocycles. The lowest BCUT2D eigenvalue weighted by Gasteiger charge is -2.21. The molecule has 0 spiro atoms. The minimum atomic E-state index is -0.802. The summed E-state index contributed by atoms with van der Waals surface area (Å²) in [5.41, 5.74) is 2.21. The molecule has 0 heterocycles. The third-order valence-corrected chi connectivity index (χ3v) is 3.53. The van der Waals surface area contributed by atoms with Crippen molar-refractivity contribution >= 4 is 40.0 Å². The van der Waals surface area contributed by atoms with Crippen molar-refractivity contribution in [3.05, 3.63) is 23.3 Å². The molecule has 2 aliphatic rings. The van der Waals surface area contributed by atoms with Crippen LogP contribution in [0.5, 0.6) is 0 Å². The van der Waals surface area contributed by atoms with Gasteiger partial charge in [-0.1, -0.05) is 34.9 Å². The minimum absolute atomic E-state index is 0.146. The lowest BCUT2D eigenvalue weighted by molar-refractivity contribution is -0.114. The molecule has 1 atom stereocenters. The first-order valence-corrected chi connectivity index (χ1v) is 5.61. The second-order valence-electron chi connectivity index (χ2n) is 3.73. The molecule has 2 aliphatic carbocycles. The SMILES string of the molecule is O=C(Cl)C1CCC2=C1C=CC(Cl)(Cl)C2. The van der Waals surface area contributed by atoms with Crippen molar-refractivity contribution in [2.45, 2.75) is 23.6 Å². The number of allylic oxidation sites excluding steroid dienone is 4. The van der Waals surface area contributed by atoms with E-state index in [1.54, 1.807) is 6.08 Å². The molecule has 0 N–H and O–H groups in total. The number of alkyl halides is 2. The number of carbonyl (C=O) groups excluding carboxylic acids is 1. The summed E-state index contributed by atoms with van der Waals surface area (Å²) < 4.78 is -0.802. The lowest BCUT2D eigenvalue weighted by atomic mass is 9.95. The van der Waals surface area contributed by atoms with E-state index >= 15 is 0 Å². The van der Waals surface area contributed by atoms with Gasteiger partial charge in [0.1, 0.15) is 4.33 Å². The first-order valence-electron chi connectivity index (χ1n) is 4.48. The quantitative estimate of drug-likeness (QED) is 0.514. The smallest absolute Gasteiger partial charge is 0.229 e. The van der Waals surface area contributed by atoms with Crippen molar-refractivity contribution in [2.24, 2.45) is 5.92 Å². The third-order valence-electron chi connectivity index (χ3n) is 2.75. The third kappa shape index (κ3) is 1.86. The van der Waals surface area contributed by atoms with Crippen LogP contribution in [-0.4, -0.2) is 9.58 Å². The Labute approximate surface area is 97.7 Å². The van der Waals surface area contributed by atoms with Crippen molar-refractivity contribution in [3.8, 4) is 0 Å². The largest absolute Gasteiger partial charge is 0.281 e. The Morgan fingerprint density at radius 2 is 2.21 bits per heavy atom. The summed E-state index contributed by atoms with van der Waals surface area (Å²) in [5, 5.41) is -0.281. The van der Waals surface area contributed by atoms with E-state index in [9.17, 15) is 4.79 Å². The highest BCUT2D eigenvalue weighted by Gasteiger charge is 2.35. The van der Waals surface area contributed by atoms with Crippen LogP contribution in [0.3, 0.4) is 0 Å². The number of hydrogen-bond acceptors (Lipinski definition) is 1. The molecular weight excluding hydrogens is 242 g/mol. The van der Waals surface area contributed by atoms with E-state index in [0.29, 0.717) is 6.42 Å². The van der Waals surface area contributed by atoms with Crippen molar-refractivity contribution in [2.75, 3.05) is 0 Å². The number of hydrogen-bond donors (Lipinski definition) is 0. The van der Waals surface area contributed by atoms with Crippen LogP contribution in [0.2, 0.25) is 0 Å². The highest BCUT2D eigenvalue weighted by atomic mass is 35.5. The van der Waals surface area contributed by atoms with Crippen molar-refractivity contribution in [1.29, 1.82) is 0 Å². The summed E-state index contributed by atoms with van der Waals surface area (Å²) in [6, 6.07) is 0. The average Bonchev–Trinajstić information content (AvgIpc) is 2.44. The highest BCUT2D eigenvalue weighted by Crippen LogP contribution is 2.45.